The topological polar surface area (TPSA) is 84.9 Å². The number of amides is 1. The first-order valence-corrected chi connectivity index (χ1v) is 17.0. The molecule has 1 aliphatic heterocycles. The molecule has 0 atom stereocenters. The molecule has 45 heavy (non-hydrogen) atoms. The monoisotopic (exact) mass is 744 g/mol. The zero-order valence-corrected chi connectivity index (χ0v) is 30.1. The third-order valence-electron chi connectivity index (χ3n) is 8.86. The zero-order valence-electron chi connectivity index (χ0n) is 27.2. The van der Waals surface area contributed by atoms with Crippen LogP contribution in [0, 0.1) is 21.3 Å². The Labute approximate surface area is 284 Å². The Morgan fingerprint density at radius 1 is 1.00 bits per heavy atom. The largest absolute Gasteiger partial charge is 0.493 e. The van der Waals surface area contributed by atoms with Gasteiger partial charge in [-0.05, 0) is 95.0 Å². The second kappa shape index (κ2) is 12.7. The fraction of sp³-hybridized carbons (Fsp3) is 0.472. The summed E-state index contributed by atoms with van der Waals surface area (Å²) in [6.07, 6.45) is 3.31. The van der Waals surface area contributed by atoms with E-state index in [-0.39, 0.29) is 34.9 Å². The number of ketones is 2. The van der Waals surface area contributed by atoms with Crippen LogP contribution in [0.15, 0.2) is 52.9 Å². The van der Waals surface area contributed by atoms with E-state index >= 15 is 0 Å². The smallest absolute Gasteiger partial charge is 0.262 e. The number of methoxy groups -OCH3 is 1. The minimum Gasteiger partial charge on any atom is -0.493 e. The average Bonchev–Trinajstić information content (AvgIpc) is 2.93. The predicted octanol–water partition coefficient (Wildman–Crippen LogP) is 8.37. The van der Waals surface area contributed by atoms with Crippen LogP contribution < -0.4 is 14.8 Å². The predicted molar refractivity (Wildman–Crippen MR) is 186 cm³/mol. The van der Waals surface area contributed by atoms with Crippen LogP contribution in [0.1, 0.15) is 83.8 Å². The van der Waals surface area contributed by atoms with Gasteiger partial charge < -0.3 is 19.7 Å². The molecule has 240 valence electrons. The number of aryl methyl sites for hydroxylation is 1. The van der Waals surface area contributed by atoms with Gasteiger partial charge in [0.15, 0.2) is 29.7 Å². The summed E-state index contributed by atoms with van der Waals surface area (Å²) >= 11 is 8.39. The summed E-state index contributed by atoms with van der Waals surface area (Å²) in [6, 6.07) is 9.16. The Morgan fingerprint density at radius 2 is 1.60 bits per heavy atom. The van der Waals surface area contributed by atoms with Crippen molar-refractivity contribution in [3.05, 3.63) is 72.6 Å². The van der Waals surface area contributed by atoms with Crippen molar-refractivity contribution in [3.8, 4) is 11.5 Å². The van der Waals surface area contributed by atoms with E-state index in [1.165, 1.54) is 0 Å². The molecule has 0 radical (unpaired) electrons. The first-order valence-electron chi connectivity index (χ1n) is 15.5. The molecule has 9 heteroatoms. The van der Waals surface area contributed by atoms with Crippen LogP contribution in [-0.4, -0.2) is 42.6 Å². The summed E-state index contributed by atoms with van der Waals surface area (Å²) in [5, 5.41) is 3.38. The van der Waals surface area contributed by atoms with Crippen molar-refractivity contribution in [1.82, 2.24) is 4.90 Å². The van der Waals surface area contributed by atoms with E-state index in [1.54, 1.807) is 19.2 Å². The fourth-order valence-electron chi connectivity index (χ4n) is 6.93. The highest BCUT2D eigenvalue weighted by Gasteiger charge is 2.49. The van der Waals surface area contributed by atoms with Gasteiger partial charge in [-0.3, -0.25) is 14.4 Å². The molecule has 2 aromatic rings. The number of nitrogens with one attached hydrogen (secondary N) is 1. The van der Waals surface area contributed by atoms with Crippen LogP contribution in [0.2, 0.25) is 5.02 Å². The molecule has 5 rings (SSSR count). The highest BCUT2D eigenvalue weighted by molar-refractivity contribution is 14.1. The SMILES string of the molecule is CCCN1C2=C(C(=O)CC(C)(C)C2)C(c2cc(I)c(OCC(=O)Nc3ccc(C)c(Cl)c3)c(OC)c2)C2=C1CC(C)(C)CC2=O. The van der Waals surface area contributed by atoms with Gasteiger partial charge in [0.2, 0.25) is 0 Å². The molecule has 1 N–H and O–H groups in total. The van der Waals surface area contributed by atoms with Crippen molar-refractivity contribution in [2.75, 3.05) is 25.6 Å². The molecule has 3 aliphatic rings. The lowest BCUT2D eigenvalue weighted by Gasteiger charge is -2.49. The highest BCUT2D eigenvalue weighted by Crippen LogP contribution is 2.55. The molecule has 0 saturated carbocycles. The van der Waals surface area contributed by atoms with Gasteiger partial charge in [0, 0.05) is 58.6 Å². The van der Waals surface area contributed by atoms with Gasteiger partial charge in [0.05, 0.1) is 10.7 Å². The molecular weight excluding hydrogens is 703 g/mol. The van der Waals surface area contributed by atoms with Gasteiger partial charge in [0.25, 0.3) is 5.91 Å². The standard InChI is InChI=1S/C36H42ClIN2O5/c1-8-11-40-25-15-35(3,4)17-27(41)32(25)31(33-26(40)16-36(5,6)18-28(33)42)21-12-24(38)34(29(13-21)44-7)45-19-30(43)39-22-10-9-20(2)23(37)14-22/h9-10,12-14,31H,8,11,15-19H2,1-7H3,(H,39,43). The number of allylic oxidation sites excluding steroid dienone is 4. The van der Waals surface area contributed by atoms with Crippen molar-refractivity contribution in [2.45, 2.75) is 79.6 Å². The van der Waals surface area contributed by atoms with E-state index in [4.69, 9.17) is 21.1 Å². The second-order valence-corrected chi connectivity index (χ2v) is 15.6. The van der Waals surface area contributed by atoms with Gasteiger partial charge >= 0.3 is 0 Å². The summed E-state index contributed by atoms with van der Waals surface area (Å²) in [6.45, 7) is 13.2. The van der Waals surface area contributed by atoms with E-state index in [1.807, 2.05) is 25.1 Å². The maximum Gasteiger partial charge on any atom is 0.262 e. The number of benzene rings is 2. The Balaban J connectivity index is 1.54. The Morgan fingerprint density at radius 3 is 2.13 bits per heavy atom. The van der Waals surface area contributed by atoms with Crippen molar-refractivity contribution in [3.63, 3.8) is 0 Å². The van der Waals surface area contributed by atoms with Crippen molar-refractivity contribution >= 4 is 57.4 Å². The summed E-state index contributed by atoms with van der Waals surface area (Å²) in [5.41, 5.74) is 5.54. The van der Waals surface area contributed by atoms with Crippen molar-refractivity contribution < 1.29 is 23.9 Å². The van der Waals surface area contributed by atoms with Gasteiger partial charge in [-0.2, -0.15) is 0 Å². The highest BCUT2D eigenvalue weighted by atomic mass is 127. The van der Waals surface area contributed by atoms with Crippen LogP contribution in [0.5, 0.6) is 11.5 Å². The lowest BCUT2D eigenvalue weighted by Crippen LogP contribution is -2.44. The summed E-state index contributed by atoms with van der Waals surface area (Å²) in [4.78, 5) is 43.1. The molecule has 0 fully saturated rings. The van der Waals surface area contributed by atoms with Gasteiger partial charge in [-0.1, -0.05) is 52.3 Å². The number of ether oxygens (including phenoxy) is 2. The molecule has 7 nitrogen and oxygen atoms in total. The number of anilines is 1. The molecule has 0 bridgehead atoms. The van der Waals surface area contributed by atoms with Gasteiger partial charge in [0.1, 0.15) is 0 Å². The lowest BCUT2D eigenvalue weighted by atomic mass is 9.63. The molecule has 1 heterocycles. The number of rotatable bonds is 8. The summed E-state index contributed by atoms with van der Waals surface area (Å²) < 4.78 is 12.5. The number of nitrogens with zero attached hydrogens (tertiary/aromatic N) is 1. The maximum absolute atomic E-state index is 14.0. The van der Waals surface area contributed by atoms with Crippen LogP contribution in [0.25, 0.3) is 0 Å². The molecular formula is C36H42ClIN2O5. The quantitative estimate of drug-likeness (QED) is 0.274. The maximum atomic E-state index is 14.0. The lowest BCUT2D eigenvalue weighted by molar-refractivity contribution is -0.120. The third-order valence-corrected chi connectivity index (χ3v) is 10.1. The zero-order chi connectivity index (χ0) is 32.8. The van der Waals surface area contributed by atoms with Crippen LogP contribution in [-0.2, 0) is 14.4 Å². The van der Waals surface area contributed by atoms with Crippen molar-refractivity contribution in [2.24, 2.45) is 10.8 Å². The second-order valence-electron chi connectivity index (χ2n) is 14.0. The first-order chi connectivity index (χ1) is 21.1. The van der Waals surface area contributed by atoms with Crippen LogP contribution in [0.3, 0.4) is 0 Å². The normalized spacial score (nSPS) is 19.4. The molecule has 0 saturated heterocycles. The third kappa shape index (κ3) is 6.82. The Bertz CT molecular complexity index is 1590. The van der Waals surface area contributed by atoms with E-state index in [9.17, 15) is 14.4 Å². The van der Waals surface area contributed by atoms with Gasteiger partial charge in [-0.25, -0.2) is 0 Å². The molecule has 0 aromatic heterocycles. The summed E-state index contributed by atoms with van der Waals surface area (Å²) in [7, 11) is 1.55. The minimum atomic E-state index is -0.485. The molecule has 1 amide bonds. The minimum absolute atomic E-state index is 0.0960. The number of carbonyl (C=O) groups is 3. The summed E-state index contributed by atoms with van der Waals surface area (Å²) in [5.74, 6) is 0.239. The Hall–Kier alpha value is -2.85. The number of hydrogen-bond acceptors (Lipinski definition) is 6. The first kappa shape index (κ1) is 33.5. The average molecular weight is 745 g/mol. The molecule has 0 unspecified atom stereocenters. The van der Waals surface area contributed by atoms with Gasteiger partial charge in [-0.15, -0.1) is 0 Å². The molecule has 2 aliphatic carbocycles. The van der Waals surface area contributed by atoms with E-state index in [2.05, 4.69) is 67.4 Å². The Kier molecular flexibility index (Phi) is 9.49. The van der Waals surface area contributed by atoms with Crippen LogP contribution >= 0.6 is 34.2 Å². The fourth-order valence-corrected chi connectivity index (χ4v) is 7.89. The van der Waals surface area contributed by atoms with Crippen LogP contribution in [0.4, 0.5) is 5.69 Å². The number of hydrogen-bond donors (Lipinski definition) is 1. The van der Waals surface area contributed by atoms with Crippen molar-refractivity contribution in [1.29, 1.82) is 0 Å². The van der Waals surface area contributed by atoms with E-state index in [0.717, 1.165) is 63.0 Å². The van der Waals surface area contributed by atoms with E-state index < -0.39 is 5.92 Å². The number of Topliss-reactive ketones (excluding diaryl/α,β-unsaturated/α-hetero) is 2. The molecule has 0 spiro atoms. The van der Waals surface area contributed by atoms with E-state index in [0.29, 0.717) is 35.1 Å². The number of halogens is 2. The molecule has 2 aromatic carbocycles. The number of carbonyl (C=O) groups excluding carboxylic acids is 3.